The van der Waals surface area contributed by atoms with Crippen molar-refractivity contribution in [2.24, 2.45) is 5.92 Å². The molecule has 0 heteroatoms. The summed E-state index contributed by atoms with van der Waals surface area (Å²) < 4.78 is 0. The molecule has 0 bridgehead atoms. The van der Waals surface area contributed by atoms with E-state index in [0.29, 0.717) is 5.92 Å². The van der Waals surface area contributed by atoms with Gasteiger partial charge in [-0.2, -0.15) is 0 Å². The number of hydrogen-bond acceptors (Lipinski definition) is 0. The summed E-state index contributed by atoms with van der Waals surface area (Å²) in [5, 5.41) is 7.82. The minimum atomic E-state index is -0.111. The molecule has 316 valence electrons. The second-order valence-electron chi connectivity index (χ2n) is 19.7. The molecule has 0 radical (unpaired) electrons. The topological polar surface area (TPSA) is 0 Å². The SMILES string of the molecule is C=C/C=C(\C=C/CC(CCc1ccc2c(c1)C(C)(C)c1cc(-c3cc4ccccc4c4ccccc34)ccc1-2)Cc1ccc2ccccc2c1)c1ccc2c(c1)C(C)(C)c1ccccc1-2. The van der Waals surface area contributed by atoms with Gasteiger partial charge in [0.25, 0.3) is 0 Å². The van der Waals surface area contributed by atoms with Crippen LogP contribution in [0.1, 0.15) is 79.5 Å². The molecule has 0 aromatic heterocycles. The molecule has 9 aromatic carbocycles. The van der Waals surface area contributed by atoms with Gasteiger partial charge in [0.05, 0.1) is 0 Å². The molecule has 65 heavy (non-hydrogen) atoms. The zero-order chi connectivity index (χ0) is 44.3. The molecule has 0 spiro atoms. The van der Waals surface area contributed by atoms with Gasteiger partial charge in [0.15, 0.2) is 0 Å². The maximum absolute atomic E-state index is 4.12. The highest BCUT2D eigenvalue weighted by Gasteiger charge is 2.37. The Bertz CT molecular complexity index is 3400. The molecule has 2 aliphatic rings. The minimum absolute atomic E-state index is 0.0401. The molecule has 0 aliphatic heterocycles. The molecule has 11 rings (SSSR count). The van der Waals surface area contributed by atoms with Gasteiger partial charge in [0, 0.05) is 10.8 Å². The van der Waals surface area contributed by atoms with Gasteiger partial charge in [0.1, 0.15) is 0 Å². The average Bonchev–Trinajstić information content (AvgIpc) is 3.70. The van der Waals surface area contributed by atoms with E-state index in [1.165, 1.54) is 110 Å². The summed E-state index contributed by atoms with van der Waals surface area (Å²) in [5.74, 6) is 0.476. The van der Waals surface area contributed by atoms with E-state index in [1.54, 1.807) is 0 Å². The summed E-state index contributed by atoms with van der Waals surface area (Å²) in [6, 6.07) is 66.3. The van der Waals surface area contributed by atoms with Gasteiger partial charge in [-0.1, -0.05) is 216 Å². The molecule has 2 aliphatic carbocycles. The number of hydrogen-bond donors (Lipinski definition) is 0. The smallest absolute Gasteiger partial charge is 0.0159 e. The first-order valence-corrected chi connectivity index (χ1v) is 23.6. The van der Waals surface area contributed by atoms with Crippen molar-refractivity contribution < 1.29 is 0 Å². The highest BCUT2D eigenvalue weighted by molar-refractivity contribution is 6.14. The second-order valence-corrected chi connectivity index (χ2v) is 19.7. The van der Waals surface area contributed by atoms with E-state index >= 15 is 0 Å². The van der Waals surface area contributed by atoms with Crippen LogP contribution in [-0.2, 0) is 23.7 Å². The molecule has 0 nitrogen and oxygen atoms in total. The lowest BCUT2D eigenvalue weighted by Crippen LogP contribution is -2.15. The first-order valence-electron chi connectivity index (χ1n) is 23.6. The van der Waals surface area contributed by atoms with Crippen LogP contribution in [0.4, 0.5) is 0 Å². The Morgan fingerprint density at radius 1 is 0.492 bits per heavy atom. The van der Waals surface area contributed by atoms with Crippen molar-refractivity contribution >= 4 is 37.9 Å². The van der Waals surface area contributed by atoms with E-state index in [4.69, 9.17) is 0 Å². The third kappa shape index (κ3) is 7.17. The van der Waals surface area contributed by atoms with E-state index < -0.39 is 0 Å². The number of fused-ring (bicyclic) bond motifs is 10. The molecular weight excluding hydrogens is 781 g/mol. The maximum Gasteiger partial charge on any atom is 0.0159 e. The molecule has 0 fully saturated rings. The Balaban J connectivity index is 0.868. The van der Waals surface area contributed by atoms with Crippen LogP contribution in [0.2, 0.25) is 0 Å². The highest BCUT2D eigenvalue weighted by Crippen LogP contribution is 2.51. The fraction of sp³-hybridized carbons (Fsp3) is 0.169. The van der Waals surface area contributed by atoms with Crippen LogP contribution in [-0.4, -0.2) is 0 Å². The molecule has 0 N–H and O–H groups in total. The summed E-state index contributed by atoms with van der Waals surface area (Å²) in [7, 11) is 0. The van der Waals surface area contributed by atoms with E-state index in [1.807, 2.05) is 6.08 Å². The average molecular weight is 837 g/mol. The Labute approximate surface area is 385 Å². The lowest BCUT2D eigenvalue weighted by atomic mass is 9.80. The third-order valence-electron chi connectivity index (χ3n) is 15.0. The largest absolute Gasteiger partial charge is 0.0990 e. The summed E-state index contributed by atoms with van der Waals surface area (Å²) >= 11 is 0. The van der Waals surface area contributed by atoms with Crippen molar-refractivity contribution in [3.8, 4) is 33.4 Å². The Kier molecular flexibility index (Phi) is 10.2. The van der Waals surface area contributed by atoms with Crippen molar-refractivity contribution in [1.82, 2.24) is 0 Å². The Morgan fingerprint density at radius 3 is 1.92 bits per heavy atom. The first kappa shape index (κ1) is 40.7. The molecular formula is C65H56. The van der Waals surface area contributed by atoms with Crippen LogP contribution in [0.3, 0.4) is 0 Å². The van der Waals surface area contributed by atoms with Crippen molar-refractivity contribution in [3.63, 3.8) is 0 Å². The summed E-state index contributed by atoms with van der Waals surface area (Å²) in [5.41, 5.74) is 18.8. The normalized spacial score (nSPS) is 15.0. The first-order chi connectivity index (χ1) is 31.7. The predicted molar refractivity (Wildman–Crippen MR) is 280 cm³/mol. The van der Waals surface area contributed by atoms with Crippen molar-refractivity contribution in [1.29, 1.82) is 0 Å². The summed E-state index contributed by atoms with van der Waals surface area (Å²) in [6.45, 7) is 13.7. The van der Waals surface area contributed by atoms with E-state index in [2.05, 4.69) is 228 Å². The van der Waals surface area contributed by atoms with Crippen LogP contribution < -0.4 is 0 Å². The standard InChI is InChI=1S/C65H56/c1-6-16-46(49-32-35-57-55-25-13-14-26-60(55)64(2,3)62(57)41-49)21-15-17-43(37-45-29-31-47-18-7-8-19-48(47)38-45)27-28-44-30-34-56-58-36-33-51(42-63(58)65(4,5)61(56)39-44)59-40-50-20-9-10-22-52(50)53-23-11-12-24-54(53)59/h6-16,18-26,29-36,38-43H,1,17,27-28,37H2,2-5H3/b21-15-,46-16+. The molecule has 0 amide bonds. The maximum atomic E-state index is 4.12. The molecule has 0 saturated carbocycles. The summed E-state index contributed by atoms with van der Waals surface area (Å²) in [6.07, 6.45) is 13.0. The summed E-state index contributed by atoms with van der Waals surface area (Å²) in [4.78, 5) is 0. The number of allylic oxidation sites excluding steroid dienone is 5. The van der Waals surface area contributed by atoms with Gasteiger partial charge in [0.2, 0.25) is 0 Å². The second kappa shape index (κ2) is 16.2. The molecule has 1 atom stereocenters. The molecule has 9 aromatic rings. The van der Waals surface area contributed by atoms with Crippen LogP contribution in [0.15, 0.2) is 207 Å². The van der Waals surface area contributed by atoms with Crippen molar-refractivity contribution in [2.75, 3.05) is 0 Å². The quantitative estimate of drug-likeness (QED) is 0.0899. The minimum Gasteiger partial charge on any atom is -0.0990 e. The van der Waals surface area contributed by atoms with Crippen molar-refractivity contribution in [3.05, 3.63) is 246 Å². The van der Waals surface area contributed by atoms with Crippen LogP contribution in [0.25, 0.3) is 71.3 Å². The van der Waals surface area contributed by atoms with Gasteiger partial charge < -0.3 is 0 Å². The Morgan fingerprint density at radius 2 is 1.11 bits per heavy atom. The predicted octanol–water partition coefficient (Wildman–Crippen LogP) is 17.4. The lowest BCUT2D eigenvalue weighted by molar-refractivity contribution is 0.489. The fourth-order valence-electron chi connectivity index (χ4n) is 11.4. The molecule has 1 unspecified atom stereocenters. The zero-order valence-corrected chi connectivity index (χ0v) is 38.2. The van der Waals surface area contributed by atoms with E-state index in [0.717, 1.165) is 25.7 Å². The lowest BCUT2D eigenvalue weighted by Gasteiger charge is -2.23. The zero-order valence-electron chi connectivity index (χ0n) is 38.2. The van der Waals surface area contributed by atoms with Gasteiger partial charge >= 0.3 is 0 Å². The number of rotatable bonds is 11. The van der Waals surface area contributed by atoms with Gasteiger partial charge in [-0.3, -0.25) is 0 Å². The Hall–Kier alpha value is -7.02. The van der Waals surface area contributed by atoms with Gasteiger partial charge in [-0.25, -0.2) is 0 Å². The fourth-order valence-corrected chi connectivity index (χ4v) is 11.4. The van der Waals surface area contributed by atoms with Gasteiger partial charge in [-0.15, -0.1) is 0 Å². The number of benzene rings is 9. The van der Waals surface area contributed by atoms with E-state index in [-0.39, 0.29) is 10.8 Å². The number of aryl methyl sites for hydroxylation is 1. The van der Waals surface area contributed by atoms with Crippen LogP contribution in [0.5, 0.6) is 0 Å². The highest BCUT2D eigenvalue weighted by atomic mass is 14.4. The third-order valence-corrected chi connectivity index (χ3v) is 15.0. The molecule has 0 saturated heterocycles. The van der Waals surface area contributed by atoms with Crippen LogP contribution >= 0.6 is 0 Å². The van der Waals surface area contributed by atoms with Crippen molar-refractivity contribution in [2.45, 2.75) is 64.2 Å². The monoisotopic (exact) mass is 836 g/mol. The van der Waals surface area contributed by atoms with E-state index in [9.17, 15) is 0 Å². The van der Waals surface area contributed by atoms with Crippen LogP contribution in [0, 0.1) is 5.92 Å². The van der Waals surface area contributed by atoms with Gasteiger partial charge in [-0.05, 0) is 160 Å². The molecule has 0 heterocycles.